The summed E-state index contributed by atoms with van der Waals surface area (Å²) in [5.41, 5.74) is 1.01. The van der Waals surface area contributed by atoms with Gasteiger partial charge in [0, 0.05) is 23.2 Å². The smallest absolute Gasteiger partial charge is 0.251 e. The van der Waals surface area contributed by atoms with Gasteiger partial charge < -0.3 is 19.2 Å². The molecule has 0 radical (unpaired) electrons. The molecule has 0 amide bonds. The summed E-state index contributed by atoms with van der Waals surface area (Å²) in [6, 6.07) is 4.91. The Hall–Kier alpha value is -1.86. The van der Waals surface area contributed by atoms with Crippen molar-refractivity contribution in [3.8, 4) is 22.9 Å². The minimum atomic E-state index is -0.242. The molecule has 112 valence electrons. The standard InChI is InChI=1S/C14H15BrN2O4/c1-19-7-8-4-13(18)17-14(16-8)9-5-11(20-2)12(21-3)6-10(9)15/h4-6H,7H2,1-3H3,(H,16,17,18). The number of nitrogens with zero attached hydrogens (tertiary/aromatic N) is 1. The van der Waals surface area contributed by atoms with E-state index in [1.165, 1.54) is 6.07 Å². The van der Waals surface area contributed by atoms with Crippen molar-refractivity contribution in [3.63, 3.8) is 0 Å². The van der Waals surface area contributed by atoms with Gasteiger partial charge in [-0.25, -0.2) is 4.98 Å². The average molecular weight is 355 g/mol. The molecule has 6 nitrogen and oxygen atoms in total. The number of halogens is 1. The van der Waals surface area contributed by atoms with Gasteiger partial charge in [-0.1, -0.05) is 0 Å². The first-order valence-electron chi connectivity index (χ1n) is 6.10. The number of nitrogens with one attached hydrogen (secondary N) is 1. The summed E-state index contributed by atoms with van der Waals surface area (Å²) in [5.74, 6) is 1.57. The van der Waals surface area contributed by atoms with Crippen LogP contribution in [-0.2, 0) is 11.3 Å². The van der Waals surface area contributed by atoms with Crippen molar-refractivity contribution in [2.24, 2.45) is 0 Å². The third-order valence-corrected chi connectivity index (χ3v) is 3.47. The monoisotopic (exact) mass is 354 g/mol. The minimum absolute atomic E-state index is 0.242. The molecule has 1 aromatic heterocycles. The second kappa shape index (κ2) is 6.73. The lowest BCUT2D eigenvalue weighted by atomic mass is 10.2. The fourth-order valence-electron chi connectivity index (χ4n) is 1.89. The number of hydrogen-bond donors (Lipinski definition) is 1. The maximum atomic E-state index is 11.7. The molecule has 2 rings (SSSR count). The van der Waals surface area contributed by atoms with Gasteiger partial charge in [0.05, 0.1) is 26.5 Å². The summed E-state index contributed by atoms with van der Waals surface area (Å²) in [7, 11) is 4.66. The largest absolute Gasteiger partial charge is 0.493 e. The zero-order chi connectivity index (χ0) is 15.4. The van der Waals surface area contributed by atoms with E-state index < -0.39 is 0 Å². The van der Waals surface area contributed by atoms with Crippen molar-refractivity contribution < 1.29 is 14.2 Å². The van der Waals surface area contributed by atoms with Gasteiger partial charge in [0.1, 0.15) is 5.82 Å². The molecule has 0 spiro atoms. The summed E-state index contributed by atoms with van der Waals surface area (Å²) < 4.78 is 16.2. The lowest BCUT2D eigenvalue weighted by Gasteiger charge is -2.12. The Labute approximate surface area is 130 Å². The van der Waals surface area contributed by atoms with Gasteiger partial charge >= 0.3 is 0 Å². The fraction of sp³-hybridized carbons (Fsp3) is 0.286. The summed E-state index contributed by atoms with van der Waals surface area (Å²) in [5, 5.41) is 0. The Balaban J connectivity index is 2.58. The molecule has 21 heavy (non-hydrogen) atoms. The minimum Gasteiger partial charge on any atom is -0.493 e. The molecule has 0 aliphatic heterocycles. The number of methoxy groups -OCH3 is 3. The quantitative estimate of drug-likeness (QED) is 0.892. The first kappa shape index (κ1) is 15.5. The highest BCUT2D eigenvalue weighted by Crippen LogP contribution is 2.37. The van der Waals surface area contributed by atoms with Gasteiger partial charge in [-0.05, 0) is 28.1 Å². The van der Waals surface area contributed by atoms with Crippen LogP contribution in [0.1, 0.15) is 5.69 Å². The SMILES string of the molecule is COCc1cc(=O)[nH]c(-c2cc(OC)c(OC)cc2Br)n1. The molecule has 2 aromatic rings. The molecule has 0 aliphatic rings. The molecule has 7 heteroatoms. The maximum absolute atomic E-state index is 11.7. The van der Waals surface area contributed by atoms with Gasteiger partial charge in [0.25, 0.3) is 5.56 Å². The van der Waals surface area contributed by atoms with Gasteiger partial charge in [-0.2, -0.15) is 0 Å². The molecule has 0 unspecified atom stereocenters. The van der Waals surface area contributed by atoms with E-state index >= 15 is 0 Å². The average Bonchev–Trinajstić information content (AvgIpc) is 2.46. The Kier molecular flexibility index (Phi) is 4.98. The Bertz CT molecular complexity index is 700. The highest BCUT2D eigenvalue weighted by Gasteiger charge is 2.13. The third-order valence-electron chi connectivity index (χ3n) is 2.82. The number of aromatic amines is 1. The van der Waals surface area contributed by atoms with Crippen molar-refractivity contribution in [3.05, 3.63) is 38.7 Å². The third kappa shape index (κ3) is 3.43. The van der Waals surface area contributed by atoms with Crippen LogP contribution < -0.4 is 15.0 Å². The van der Waals surface area contributed by atoms with E-state index in [1.807, 2.05) is 0 Å². The van der Waals surface area contributed by atoms with Gasteiger partial charge in [0.2, 0.25) is 0 Å². The summed E-state index contributed by atoms with van der Waals surface area (Å²) >= 11 is 3.45. The van der Waals surface area contributed by atoms with Crippen LogP contribution >= 0.6 is 15.9 Å². The van der Waals surface area contributed by atoms with E-state index in [0.29, 0.717) is 28.6 Å². The predicted molar refractivity (Wildman–Crippen MR) is 81.8 cm³/mol. The van der Waals surface area contributed by atoms with Crippen molar-refractivity contribution >= 4 is 15.9 Å². The maximum Gasteiger partial charge on any atom is 0.251 e. The highest BCUT2D eigenvalue weighted by molar-refractivity contribution is 9.10. The summed E-state index contributed by atoms with van der Waals surface area (Å²) in [6.07, 6.45) is 0. The molecule has 0 fully saturated rings. The number of benzene rings is 1. The molecule has 0 atom stereocenters. The van der Waals surface area contributed by atoms with E-state index in [-0.39, 0.29) is 12.2 Å². The van der Waals surface area contributed by atoms with Crippen LogP contribution in [0.5, 0.6) is 11.5 Å². The highest BCUT2D eigenvalue weighted by atomic mass is 79.9. The normalized spacial score (nSPS) is 10.5. The topological polar surface area (TPSA) is 73.4 Å². The van der Waals surface area contributed by atoms with Crippen molar-refractivity contribution in [2.45, 2.75) is 6.61 Å². The second-order valence-electron chi connectivity index (χ2n) is 4.21. The number of rotatable bonds is 5. The van der Waals surface area contributed by atoms with Crippen LogP contribution in [0.4, 0.5) is 0 Å². The number of ether oxygens (including phenoxy) is 3. The zero-order valence-electron chi connectivity index (χ0n) is 11.9. The molecule has 1 heterocycles. The molecule has 0 aliphatic carbocycles. The van der Waals surface area contributed by atoms with E-state index in [0.717, 1.165) is 4.47 Å². The van der Waals surface area contributed by atoms with Crippen LogP contribution in [-0.4, -0.2) is 31.3 Å². The van der Waals surface area contributed by atoms with Crippen molar-refractivity contribution in [1.82, 2.24) is 9.97 Å². The fourth-order valence-corrected chi connectivity index (χ4v) is 2.40. The lowest BCUT2D eigenvalue weighted by molar-refractivity contribution is 0.181. The molecule has 0 saturated heterocycles. The first-order chi connectivity index (χ1) is 10.1. The summed E-state index contributed by atoms with van der Waals surface area (Å²) in [4.78, 5) is 18.8. The molecule has 1 aromatic carbocycles. The van der Waals surface area contributed by atoms with Crippen LogP contribution in [0.15, 0.2) is 27.5 Å². The number of hydrogen-bond acceptors (Lipinski definition) is 5. The van der Waals surface area contributed by atoms with E-state index in [9.17, 15) is 4.79 Å². The van der Waals surface area contributed by atoms with Gasteiger partial charge in [0.15, 0.2) is 11.5 Å². The molecular weight excluding hydrogens is 340 g/mol. The van der Waals surface area contributed by atoms with E-state index in [1.54, 1.807) is 33.5 Å². The van der Waals surface area contributed by atoms with Crippen LogP contribution in [0.2, 0.25) is 0 Å². The van der Waals surface area contributed by atoms with Crippen molar-refractivity contribution in [1.29, 1.82) is 0 Å². The molecule has 1 N–H and O–H groups in total. The Morgan fingerprint density at radius 3 is 2.43 bits per heavy atom. The van der Waals surface area contributed by atoms with Gasteiger partial charge in [-0.15, -0.1) is 0 Å². The second-order valence-corrected chi connectivity index (χ2v) is 5.06. The van der Waals surface area contributed by atoms with Crippen LogP contribution in [0.3, 0.4) is 0 Å². The Morgan fingerprint density at radius 1 is 1.14 bits per heavy atom. The van der Waals surface area contributed by atoms with Crippen LogP contribution in [0.25, 0.3) is 11.4 Å². The van der Waals surface area contributed by atoms with Crippen molar-refractivity contribution in [2.75, 3.05) is 21.3 Å². The molecule has 0 saturated carbocycles. The number of aromatic nitrogens is 2. The zero-order valence-corrected chi connectivity index (χ0v) is 13.5. The molecular formula is C14H15BrN2O4. The number of H-pyrrole nitrogens is 1. The summed E-state index contributed by atoms with van der Waals surface area (Å²) in [6.45, 7) is 0.266. The van der Waals surface area contributed by atoms with Crippen LogP contribution in [0, 0.1) is 0 Å². The Morgan fingerprint density at radius 2 is 1.81 bits per heavy atom. The lowest BCUT2D eigenvalue weighted by Crippen LogP contribution is -2.11. The van der Waals surface area contributed by atoms with E-state index in [2.05, 4.69) is 25.9 Å². The molecule has 0 bridgehead atoms. The van der Waals surface area contributed by atoms with E-state index in [4.69, 9.17) is 14.2 Å². The predicted octanol–water partition coefficient (Wildman–Crippen LogP) is 2.36. The van der Waals surface area contributed by atoms with Gasteiger partial charge in [-0.3, -0.25) is 4.79 Å². The first-order valence-corrected chi connectivity index (χ1v) is 6.89.